The van der Waals surface area contributed by atoms with Crippen LogP contribution in [0.25, 0.3) is 0 Å². The second-order valence-corrected chi connectivity index (χ2v) is 6.66. The van der Waals surface area contributed by atoms with Crippen LogP contribution < -0.4 is 10.2 Å². The number of benzene rings is 2. The normalized spacial score (nSPS) is 10.6. The van der Waals surface area contributed by atoms with Crippen LogP contribution in [0.4, 0.5) is 0 Å². The van der Waals surface area contributed by atoms with Gasteiger partial charge in [0.2, 0.25) is 5.91 Å². The number of amides is 1. The molecule has 0 unspecified atom stereocenters. The quantitative estimate of drug-likeness (QED) is 0.320. The van der Waals surface area contributed by atoms with E-state index in [9.17, 15) is 4.79 Å². The molecule has 6 nitrogen and oxygen atoms in total. The highest BCUT2D eigenvalue weighted by atomic mass is 16.5. The van der Waals surface area contributed by atoms with Crippen LogP contribution in [0.3, 0.4) is 0 Å². The molecule has 6 heteroatoms. The number of aromatic nitrogens is 2. The summed E-state index contributed by atoms with van der Waals surface area (Å²) in [6, 6.07) is 20.2. The molecular weight excluding hydrogens is 354 g/mol. The molecule has 0 spiro atoms. The van der Waals surface area contributed by atoms with Gasteiger partial charge in [-0.25, -0.2) is 5.48 Å². The molecule has 0 aliphatic carbocycles. The molecule has 0 radical (unpaired) electrons. The van der Waals surface area contributed by atoms with Crippen molar-refractivity contribution in [3.05, 3.63) is 83.7 Å². The molecule has 1 heterocycles. The smallest absolute Gasteiger partial charge is 0.243 e. The van der Waals surface area contributed by atoms with Crippen molar-refractivity contribution in [2.24, 2.45) is 0 Å². The van der Waals surface area contributed by atoms with Gasteiger partial charge in [-0.15, -0.1) is 0 Å². The van der Waals surface area contributed by atoms with Gasteiger partial charge < -0.3 is 4.74 Å². The number of hydrogen-bond donors (Lipinski definition) is 2. The van der Waals surface area contributed by atoms with Gasteiger partial charge in [0, 0.05) is 12.6 Å². The lowest BCUT2D eigenvalue weighted by Crippen LogP contribution is -2.17. The molecule has 0 aliphatic heterocycles. The van der Waals surface area contributed by atoms with Crippen molar-refractivity contribution in [3.63, 3.8) is 0 Å². The van der Waals surface area contributed by atoms with Crippen LogP contribution in [0.15, 0.2) is 66.9 Å². The fourth-order valence-electron chi connectivity index (χ4n) is 2.89. The number of nitrogens with zero attached hydrogens (tertiary/aromatic N) is 2. The largest absolute Gasteiger partial charge is 0.489 e. The molecule has 2 N–H and O–H groups in total. The molecule has 1 aromatic heterocycles. The SMILES string of the molecule is O=C(CCCCc1ccn(Cc2ccc(OCc3ccccc3)cc2)n1)NO. The lowest BCUT2D eigenvalue weighted by atomic mass is 10.1. The molecule has 0 saturated carbocycles. The maximum absolute atomic E-state index is 11.0. The van der Waals surface area contributed by atoms with E-state index in [0.717, 1.165) is 41.8 Å². The van der Waals surface area contributed by atoms with E-state index in [2.05, 4.69) is 17.2 Å². The molecule has 0 bridgehead atoms. The van der Waals surface area contributed by atoms with Crippen molar-refractivity contribution in [1.82, 2.24) is 15.3 Å². The Labute approximate surface area is 164 Å². The first kappa shape index (κ1) is 19.6. The van der Waals surface area contributed by atoms with Gasteiger partial charge >= 0.3 is 0 Å². The molecule has 28 heavy (non-hydrogen) atoms. The maximum atomic E-state index is 11.0. The summed E-state index contributed by atoms with van der Waals surface area (Å²) in [7, 11) is 0. The van der Waals surface area contributed by atoms with Crippen LogP contribution in [-0.2, 0) is 24.4 Å². The number of carbonyl (C=O) groups excluding carboxylic acids is 1. The van der Waals surface area contributed by atoms with Gasteiger partial charge in [-0.3, -0.25) is 14.7 Å². The van der Waals surface area contributed by atoms with E-state index in [1.54, 1.807) is 5.48 Å². The third-order valence-electron chi connectivity index (χ3n) is 4.42. The summed E-state index contributed by atoms with van der Waals surface area (Å²) in [5.74, 6) is 0.502. The number of rotatable bonds is 10. The van der Waals surface area contributed by atoms with Crippen molar-refractivity contribution in [2.75, 3.05) is 0 Å². The molecule has 146 valence electrons. The summed E-state index contributed by atoms with van der Waals surface area (Å²) in [4.78, 5) is 11.0. The van der Waals surface area contributed by atoms with Gasteiger partial charge in [-0.1, -0.05) is 42.5 Å². The minimum atomic E-state index is -0.346. The molecule has 3 rings (SSSR count). The molecule has 1 amide bonds. The lowest BCUT2D eigenvalue weighted by molar-refractivity contribution is -0.129. The van der Waals surface area contributed by atoms with Crippen molar-refractivity contribution < 1.29 is 14.7 Å². The summed E-state index contributed by atoms with van der Waals surface area (Å²) in [5, 5.41) is 13.0. The highest BCUT2D eigenvalue weighted by Crippen LogP contribution is 2.15. The predicted octanol–water partition coefficient (Wildman–Crippen LogP) is 3.73. The van der Waals surface area contributed by atoms with E-state index in [0.29, 0.717) is 19.6 Å². The van der Waals surface area contributed by atoms with Gasteiger partial charge in [0.25, 0.3) is 0 Å². The first-order chi connectivity index (χ1) is 13.7. The van der Waals surface area contributed by atoms with Gasteiger partial charge in [-0.05, 0) is 48.6 Å². The fourth-order valence-corrected chi connectivity index (χ4v) is 2.89. The van der Waals surface area contributed by atoms with Crippen LogP contribution in [0, 0.1) is 0 Å². The van der Waals surface area contributed by atoms with E-state index in [1.807, 2.05) is 59.4 Å². The highest BCUT2D eigenvalue weighted by molar-refractivity contribution is 5.74. The maximum Gasteiger partial charge on any atom is 0.243 e. The van der Waals surface area contributed by atoms with E-state index < -0.39 is 0 Å². The van der Waals surface area contributed by atoms with Crippen molar-refractivity contribution >= 4 is 5.91 Å². The third-order valence-corrected chi connectivity index (χ3v) is 4.42. The van der Waals surface area contributed by atoms with Gasteiger partial charge in [0.15, 0.2) is 0 Å². The zero-order valence-corrected chi connectivity index (χ0v) is 15.8. The number of carbonyl (C=O) groups is 1. The van der Waals surface area contributed by atoms with E-state index >= 15 is 0 Å². The van der Waals surface area contributed by atoms with Crippen LogP contribution in [0.5, 0.6) is 5.75 Å². The average molecular weight is 379 g/mol. The summed E-state index contributed by atoms with van der Waals surface area (Å²) in [6.07, 6.45) is 4.70. The molecule has 0 aliphatic rings. The second kappa shape index (κ2) is 10.3. The summed E-state index contributed by atoms with van der Waals surface area (Å²) >= 11 is 0. The minimum absolute atomic E-state index is 0.329. The average Bonchev–Trinajstić information content (AvgIpc) is 3.18. The van der Waals surface area contributed by atoms with Crippen molar-refractivity contribution in [1.29, 1.82) is 0 Å². The van der Waals surface area contributed by atoms with Crippen molar-refractivity contribution in [3.8, 4) is 5.75 Å². The number of hydrogen-bond acceptors (Lipinski definition) is 4. The predicted molar refractivity (Wildman–Crippen MR) is 106 cm³/mol. The van der Waals surface area contributed by atoms with Crippen LogP contribution >= 0.6 is 0 Å². The molecule has 3 aromatic rings. The number of nitrogens with one attached hydrogen (secondary N) is 1. The van der Waals surface area contributed by atoms with Gasteiger partial charge in [-0.2, -0.15) is 5.10 Å². The summed E-state index contributed by atoms with van der Waals surface area (Å²) in [6.45, 7) is 1.26. The Hall–Kier alpha value is -3.12. The Morgan fingerprint density at radius 2 is 1.79 bits per heavy atom. The molecule has 0 fully saturated rings. The van der Waals surface area contributed by atoms with Crippen LogP contribution in [-0.4, -0.2) is 20.9 Å². The zero-order chi connectivity index (χ0) is 19.6. The highest BCUT2D eigenvalue weighted by Gasteiger charge is 2.03. The van der Waals surface area contributed by atoms with E-state index in [4.69, 9.17) is 9.94 Å². The first-order valence-corrected chi connectivity index (χ1v) is 9.44. The van der Waals surface area contributed by atoms with Crippen LogP contribution in [0.2, 0.25) is 0 Å². The Morgan fingerprint density at radius 1 is 1.00 bits per heavy atom. The van der Waals surface area contributed by atoms with Crippen LogP contribution in [0.1, 0.15) is 36.1 Å². The Bertz CT molecular complexity index is 860. The Morgan fingerprint density at radius 3 is 2.54 bits per heavy atom. The molecular formula is C22H25N3O3. The topological polar surface area (TPSA) is 76.4 Å². The number of aryl methyl sites for hydroxylation is 1. The lowest BCUT2D eigenvalue weighted by Gasteiger charge is -2.07. The fraction of sp³-hybridized carbons (Fsp3) is 0.273. The number of hydroxylamine groups is 1. The zero-order valence-electron chi connectivity index (χ0n) is 15.8. The van der Waals surface area contributed by atoms with Gasteiger partial charge in [0.05, 0.1) is 12.2 Å². The standard InChI is InChI=1S/C22H25N3O3/c26-22(24-27)9-5-4-8-20-14-15-25(23-20)16-18-10-12-21(13-11-18)28-17-19-6-2-1-3-7-19/h1-3,6-7,10-15,27H,4-5,8-9,16-17H2,(H,24,26). The Balaban J connectivity index is 1.44. The molecule has 0 atom stereocenters. The van der Waals surface area contributed by atoms with E-state index in [-0.39, 0.29) is 5.91 Å². The summed E-state index contributed by atoms with van der Waals surface area (Å²) in [5.41, 5.74) is 4.95. The first-order valence-electron chi connectivity index (χ1n) is 9.44. The molecule has 0 saturated heterocycles. The molecule has 2 aromatic carbocycles. The van der Waals surface area contributed by atoms with Gasteiger partial charge in [0.1, 0.15) is 12.4 Å². The monoisotopic (exact) mass is 379 g/mol. The second-order valence-electron chi connectivity index (χ2n) is 6.66. The number of unbranched alkanes of at least 4 members (excludes halogenated alkanes) is 1. The Kier molecular flexibility index (Phi) is 7.21. The van der Waals surface area contributed by atoms with E-state index in [1.165, 1.54) is 0 Å². The minimum Gasteiger partial charge on any atom is -0.489 e. The van der Waals surface area contributed by atoms with Crippen molar-refractivity contribution in [2.45, 2.75) is 38.8 Å². The summed E-state index contributed by atoms with van der Waals surface area (Å²) < 4.78 is 7.73. The number of ether oxygens (including phenoxy) is 1. The third kappa shape index (κ3) is 6.25.